The van der Waals surface area contributed by atoms with Crippen molar-refractivity contribution < 1.29 is 18.6 Å². The van der Waals surface area contributed by atoms with E-state index in [9.17, 15) is 4.39 Å². The Hall–Kier alpha value is -3.35. The summed E-state index contributed by atoms with van der Waals surface area (Å²) in [7, 11) is 3.29. The molecule has 0 radical (unpaired) electrons. The Labute approximate surface area is 206 Å². The number of benzene rings is 3. The number of rotatable bonds is 6. The first-order valence-corrected chi connectivity index (χ1v) is 12.0. The van der Waals surface area contributed by atoms with Crippen molar-refractivity contribution in [2.75, 3.05) is 46.9 Å². The van der Waals surface area contributed by atoms with Crippen LogP contribution in [0.4, 0.5) is 4.39 Å². The molecule has 0 aliphatic carbocycles. The molecule has 1 fully saturated rings. The molecule has 5 rings (SSSR count). The standard InChI is InChI=1S/C29H31FN2O3/c1-33-26-12-9-21(18-28(26)34-2)6-5-13-31-14-16-32(17-15-31)29-24-8-4-3-7-22(24)20-35-27-19-23(30)10-11-25(27)29/h3-12,18-19,29H,13-17,20H2,1-2H3/b6-5+. The number of fused-ring (bicyclic) bond motifs is 2. The van der Waals surface area contributed by atoms with Gasteiger partial charge in [-0.2, -0.15) is 0 Å². The minimum atomic E-state index is -0.264. The van der Waals surface area contributed by atoms with Crippen molar-refractivity contribution in [1.29, 1.82) is 0 Å². The molecule has 35 heavy (non-hydrogen) atoms. The maximum Gasteiger partial charge on any atom is 0.161 e. The van der Waals surface area contributed by atoms with Gasteiger partial charge in [0.2, 0.25) is 0 Å². The van der Waals surface area contributed by atoms with Crippen LogP contribution in [-0.4, -0.2) is 56.7 Å². The quantitative estimate of drug-likeness (QED) is 0.493. The molecule has 0 bridgehead atoms. The minimum Gasteiger partial charge on any atom is -0.493 e. The number of methoxy groups -OCH3 is 2. The number of halogens is 1. The molecule has 1 saturated heterocycles. The average Bonchev–Trinajstić information content (AvgIpc) is 3.05. The largest absolute Gasteiger partial charge is 0.493 e. The van der Waals surface area contributed by atoms with Crippen molar-refractivity contribution in [1.82, 2.24) is 9.80 Å². The number of hydrogen-bond acceptors (Lipinski definition) is 5. The molecule has 0 spiro atoms. The Morgan fingerprint density at radius 3 is 2.51 bits per heavy atom. The van der Waals surface area contributed by atoms with Gasteiger partial charge in [-0.25, -0.2) is 4.39 Å². The molecule has 0 aromatic heterocycles. The third kappa shape index (κ3) is 5.04. The van der Waals surface area contributed by atoms with E-state index in [0.717, 1.165) is 60.9 Å². The first-order chi connectivity index (χ1) is 17.2. The van der Waals surface area contributed by atoms with Gasteiger partial charge in [-0.05, 0) is 34.9 Å². The molecule has 5 nitrogen and oxygen atoms in total. The summed E-state index contributed by atoms with van der Waals surface area (Å²) in [6, 6.07) is 19.4. The summed E-state index contributed by atoms with van der Waals surface area (Å²) in [5, 5.41) is 0. The summed E-state index contributed by atoms with van der Waals surface area (Å²) in [5.74, 6) is 1.85. The van der Waals surface area contributed by atoms with Gasteiger partial charge in [-0.3, -0.25) is 9.80 Å². The van der Waals surface area contributed by atoms with Crippen molar-refractivity contribution >= 4 is 6.08 Å². The first kappa shape index (κ1) is 23.4. The monoisotopic (exact) mass is 474 g/mol. The summed E-state index contributed by atoms with van der Waals surface area (Å²) in [6.07, 6.45) is 4.32. The van der Waals surface area contributed by atoms with Crippen LogP contribution in [0.15, 0.2) is 66.7 Å². The number of piperazine rings is 1. The predicted octanol–water partition coefficient (Wildman–Crippen LogP) is 5.16. The van der Waals surface area contributed by atoms with Crippen LogP contribution < -0.4 is 14.2 Å². The molecule has 1 unspecified atom stereocenters. The van der Waals surface area contributed by atoms with Gasteiger partial charge >= 0.3 is 0 Å². The van der Waals surface area contributed by atoms with E-state index < -0.39 is 0 Å². The number of hydrogen-bond donors (Lipinski definition) is 0. The second-order valence-electron chi connectivity index (χ2n) is 8.93. The van der Waals surface area contributed by atoms with E-state index in [1.54, 1.807) is 20.3 Å². The third-order valence-electron chi connectivity index (χ3n) is 6.86. The molecule has 6 heteroatoms. The molecular formula is C29H31FN2O3. The van der Waals surface area contributed by atoms with Gasteiger partial charge in [0, 0.05) is 44.4 Å². The Bertz CT molecular complexity index is 1200. The fourth-order valence-corrected chi connectivity index (χ4v) is 5.01. The van der Waals surface area contributed by atoms with Gasteiger partial charge in [0.15, 0.2) is 11.5 Å². The second-order valence-corrected chi connectivity index (χ2v) is 8.93. The highest BCUT2D eigenvalue weighted by Gasteiger charge is 2.31. The Kier molecular flexibility index (Phi) is 7.02. The predicted molar refractivity (Wildman–Crippen MR) is 136 cm³/mol. The van der Waals surface area contributed by atoms with Crippen molar-refractivity contribution in [3.8, 4) is 17.2 Å². The van der Waals surface area contributed by atoms with E-state index in [2.05, 4.69) is 40.2 Å². The van der Waals surface area contributed by atoms with Crippen LogP contribution in [0.2, 0.25) is 0 Å². The molecular weight excluding hydrogens is 443 g/mol. The van der Waals surface area contributed by atoms with E-state index in [1.807, 2.05) is 30.3 Å². The van der Waals surface area contributed by atoms with E-state index >= 15 is 0 Å². The lowest BCUT2D eigenvalue weighted by molar-refractivity contribution is 0.117. The fraction of sp³-hybridized carbons (Fsp3) is 0.310. The van der Waals surface area contributed by atoms with Gasteiger partial charge in [0.1, 0.15) is 18.2 Å². The summed E-state index contributed by atoms with van der Waals surface area (Å²) < 4.78 is 30.7. The maximum absolute atomic E-state index is 14.0. The summed E-state index contributed by atoms with van der Waals surface area (Å²) in [5.41, 5.74) is 4.53. The topological polar surface area (TPSA) is 34.2 Å². The summed E-state index contributed by atoms with van der Waals surface area (Å²) >= 11 is 0. The van der Waals surface area contributed by atoms with Crippen LogP contribution in [0.3, 0.4) is 0 Å². The molecule has 1 atom stereocenters. The molecule has 0 saturated carbocycles. The number of nitrogens with zero attached hydrogens (tertiary/aromatic N) is 2. The highest BCUT2D eigenvalue weighted by molar-refractivity contribution is 5.56. The second kappa shape index (κ2) is 10.5. The van der Waals surface area contributed by atoms with Crippen LogP contribution in [0.5, 0.6) is 17.2 Å². The lowest BCUT2D eigenvalue weighted by atomic mass is 9.93. The molecule has 3 aromatic carbocycles. The summed E-state index contributed by atoms with van der Waals surface area (Å²) in [6.45, 7) is 5.14. The van der Waals surface area contributed by atoms with E-state index in [0.29, 0.717) is 12.4 Å². The van der Waals surface area contributed by atoms with Crippen LogP contribution in [0.25, 0.3) is 6.08 Å². The maximum atomic E-state index is 14.0. The SMILES string of the molecule is COc1ccc(/C=C/CN2CCN(C3c4ccccc4COc4cc(F)ccc43)CC2)cc1OC. The Morgan fingerprint density at radius 2 is 1.71 bits per heavy atom. The molecule has 2 heterocycles. The van der Waals surface area contributed by atoms with Crippen molar-refractivity contribution in [2.45, 2.75) is 12.6 Å². The summed E-state index contributed by atoms with van der Waals surface area (Å²) in [4.78, 5) is 4.96. The van der Waals surface area contributed by atoms with Gasteiger partial charge in [-0.15, -0.1) is 0 Å². The lowest BCUT2D eigenvalue weighted by Gasteiger charge is -2.39. The zero-order chi connectivity index (χ0) is 24.2. The van der Waals surface area contributed by atoms with Crippen molar-refractivity contribution in [3.05, 3.63) is 94.8 Å². The Morgan fingerprint density at radius 1 is 0.914 bits per heavy atom. The Balaban J connectivity index is 1.27. The van der Waals surface area contributed by atoms with Gasteiger partial charge in [-0.1, -0.05) is 48.6 Å². The van der Waals surface area contributed by atoms with E-state index in [-0.39, 0.29) is 11.9 Å². The first-order valence-electron chi connectivity index (χ1n) is 12.0. The van der Waals surface area contributed by atoms with Crippen molar-refractivity contribution in [3.63, 3.8) is 0 Å². The van der Waals surface area contributed by atoms with Crippen molar-refractivity contribution in [2.24, 2.45) is 0 Å². The third-order valence-corrected chi connectivity index (χ3v) is 6.86. The fourth-order valence-electron chi connectivity index (χ4n) is 5.01. The van der Waals surface area contributed by atoms with Crippen LogP contribution >= 0.6 is 0 Å². The van der Waals surface area contributed by atoms with Crippen LogP contribution in [-0.2, 0) is 6.61 Å². The van der Waals surface area contributed by atoms with Gasteiger partial charge in [0.05, 0.1) is 20.3 Å². The zero-order valence-corrected chi connectivity index (χ0v) is 20.2. The zero-order valence-electron chi connectivity index (χ0n) is 20.2. The molecule has 2 aliphatic heterocycles. The smallest absolute Gasteiger partial charge is 0.161 e. The van der Waals surface area contributed by atoms with E-state index in [1.165, 1.54) is 11.6 Å². The molecule has 0 N–H and O–H groups in total. The lowest BCUT2D eigenvalue weighted by Crippen LogP contribution is -2.47. The molecule has 2 aliphatic rings. The molecule has 182 valence electrons. The van der Waals surface area contributed by atoms with Gasteiger partial charge < -0.3 is 14.2 Å². The molecule has 3 aromatic rings. The molecule has 0 amide bonds. The average molecular weight is 475 g/mol. The highest BCUT2D eigenvalue weighted by atomic mass is 19.1. The van der Waals surface area contributed by atoms with E-state index in [4.69, 9.17) is 14.2 Å². The van der Waals surface area contributed by atoms with Crippen LogP contribution in [0.1, 0.15) is 28.3 Å². The highest BCUT2D eigenvalue weighted by Crippen LogP contribution is 2.40. The number of ether oxygens (including phenoxy) is 3. The normalized spacial score (nSPS) is 18.4. The van der Waals surface area contributed by atoms with Crippen LogP contribution in [0, 0.1) is 5.82 Å². The minimum absolute atomic E-state index is 0.0637. The van der Waals surface area contributed by atoms with Gasteiger partial charge in [0.25, 0.3) is 0 Å².